The maximum Gasteiger partial charge on any atom is 0.260 e. The third-order valence-corrected chi connectivity index (χ3v) is 8.92. The molecule has 6 heterocycles. The van der Waals surface area contributed by atoms with Crippen LogP contribution >= 0.6 is 11.3 Å². The van der Waals surface area contributed by atoms with Gasteiger partial charge in [-0.3, -0.25) is 24.2 Å². The van der Waals surface area contributed by atoms with E-state index in [9.17, 15) is 9.59 Å². The molecule has 11 heteroatoms. The highest BCUT2D eigenvalue weighted by Crippen LogP contribution is 2.35. The molecule has 2 amide bonds. The van der Waals surface area contributed by atoms with Gasteiger partial charge in [-0.1, -0.05) is 0 Å². The first-order chi connectivity index (χ1) is 18.3. The summed E-state index contributed by atoms with van der Waals surface area (Å²) in [7, 11) is 0. The van der Waals surface area contributed by atoms with Gasteiger partial charge in [-0.05, 0) is 59.1 Å². The van der Waals surface area contributed by atoms with Crippen LogP contribution in [0.3, 0.4) is 0 Å². The smallest absolute Gasteiger partial charge is 0.260 e. The van der Waals surface area contributed by atoms with Crippen molar-refractivity contribution in [2.24, 2.45) is 0 Å². The van der Waals surface area contributed by atoms with Crippen molar-refractivity contribution in [2.75, 3.05) is 25.0 Å². The lowest BCUT2D eigenvalue weighted by Crippen LogP contribution is -2.43. The first-order valence-electron chi connectivity index (χ1n) is 13.1. The van der Waals surface area contributed by atoms with Gasteiger partial charge in [0, 0.05) is 48.8 Å². The molecule has 6 rings (SSSR count). The van der Waals surface area contributed by atoms with Crippen LogP contribution in [0.5, 0.6) is 0 Å². The SMILES string of the molecule is Cc1ncc(C(=O)NCCN2CCCC2(C)C)cc1NC(=O)c1cnn2cc(-c3cnn4c3CCC4)sc12. The molecule has 0 atom stereocenters. The number of hydrogen-bond acceptors (Lipinski definition) is 7. The summed E-state index contributed by atoms with van der Waals surface area (Å²) in [5, 5.41) is 14.8. The van der Waals surface area contributed by atoms with E-state index in [-0.39, 0.29) is 17.4 Å². The number of likely N-dealkylation sites (tertiary alicyclic amines) is 1. The van der Waals surface area contributed by atoms with Gasteiger partial charge >= 0.3 is 0 Å². The second-order valence-electron chi connectivity index (χ2n) is 10.7. The van der Waals surface area contributed by atoms with Gasteiger partial charge in [0.15, 0.2) is 0 Å². The molecule has 0 aliphatic carbocycles. The first kappa shape index (κ1) is 24.7. The number of rotatable bonds is 7. The fourth-order valence-electron chi connectivity index (χ4n) is 5.49. The van der Waals surface area contributed by atoms with Gasteiger partial charge in [0.2, 0.25) is 0 Å². The average Bonchev–Trinajstić information content (AvgIpc) is 3.67. The molecule has 0 saturated carbocycles. The number of aromatic nitrogens is 5. The quantitative estimate of drug-likeness (QED) is 0.375. The van der Waals surface area contributed by atoms with Gasteiger partial charge < -0.3 is 10.6 Å². The maximum absolute atomic E-state index is 13.3. The number of nitrogens with zero attached hydrogens (tertiary/aromatic N) is 6. The fourth-order valence-corrected chi connectivity index (χ4v) is 6.58. The van der Waals surface area contributed by atoms with Crippen LogP contribution in [0.2, 0.25) is 0 Å². The normalized spacial score (nSPS) is 16.7. The molecular weight excluding hydrogens is 500 g/mol. The average molecular weight is 533 g/mol. The van der Waals surface area contributed by atoms with Crippen LogP contribution in [-0.2, 0) is 13.0 Å². The highest BCUT2D eigenvalue weighted by molar-refractivity contribution is 7.21. The van der Waals surface area contributed by atoms with E-state index in [1.165, 1.54) is 29.9 Å². The Kier molecular flexibility index (Phi) is 6.27. The van der Waals surface area contributed by atoms with E-state index < -0.39 is 0 Å². The summed E-state index contributed by atoms with van der Waals surface area (Å²) in [6.45, 7) is 9.69. The number of carbonyl (C=O) groups excluding carboxylic acids is 2. The van der Waals surface area contributed by atoms with Gasteiger partial charge in [-0.2, -0.15) is 10.2 Å². The van der Waals surface area contributed by atoms with Gasteiger partial charge in [0.05, 0.1) is 39.8 Å². The summed E-state index contributed by atoms with van der Waals surface area (Å²) < 4.78 is 3.79. The molecule has 38 heavy (non-hydrogen) atoms. The number of thiazole rings is 1. The summed E-state index contributed by atoms with van der Waals surface area (Å²) in [5.74, 6) is -0.484. The van der Waals surface area contributed by atoms with Crippen LogP contribution in [0.15, 0.2) is 30.9 Å². The lowest BCUT2D eigenvalue weighted by Gasteiger charge is -2.31. The first-order valence-corrected chi connectivity index (χ1v) is 14.0. The molecular formula is C27H32N8O2S. The molecule has 0 aromatic carbocycles. The van der Waals surface area contributed by atoms with Crippen LogP contribution < -0.4 is 10.6 Å². The number of anilines is 1. The predicted molar refractivity (Wildman–Crippen MR) is 147 cm³/mol. The minimum absolute atomic E-state index is 0.176. The number of pyridine rings is 1. The number of amides is 2. The predicted octanol–water partition coefficient (Wildman–Crippen LogP) is 3.77. The van der Waals surface area contributed by atoms with E-state index in [1.807, 2.05) is 19.3 Å². The van der Waals surface area contributed by atoms with E-state index in [4.69, 9.17) is 0 Å². The van der Waals surface area contributed by atoms with E-state index in [1.54, 1.807) is 23.0 Å². The summed E-state index contributed by atoms with van der Waals surface area (Å²) in [6.07, 6.45) is 11.5. The standard InChI is InChI=1S/C27H32N8O2S/c1-17-21(12-18(13-29-17)24(36)28-8-11-33-9-5-7-27(33,2)3)32-25(37)20-15-31-35-16-23(38-26(20)35)19-14-30-34-10-4-6-22(19)34/h12-16H,4-11H2,1-3H3,(H,28,36)(H,32,37). The Morgan fingerprint density at radius 3 is 2.79 bits per heavy atom. The van der Waals surface area contributed by atoms with Crippen molar-refractivity contribution < 1.29 is 9.59 Å². The number of hydrogen-bond donors (Lipinski definition) is 2. The van der Waals surface area contributed by atoms with E-state index in [0.29, 0.717) is 29.1 Å². The summed E-state index contributed by atoms with van der Waals surface area (Å²) in [5.41, 5.74) is 4.56. The van der Waals surface area contributed by atoms with Crippen molar-refractivity contribution >= 4 is 33.7 Å². The zero-order chi connectivity index (χ0) is 26.4. The van der Waals surface area contributed by atoms with E-state index >= 15 is 0 Å². The van der Waals surface area contributed by atoms with Gasteiger partial charge in [0.25, 0.3) is 11.8 Å². The monoisotopic (exact) mass is 532 g/mol. The molecule has 0 unspecified atom stereocenters. The Hall–Kier alpha value is -3.57. The van der Waals surface area contributed by atoms with E-state index in [0.717, 1.165) is 47.7 Å². The molecule has 1 fully saturated rings. The minimum Gasteiger partial charge on any atom is -0.351 e. The van der Waals surface area contributed by atoms with Crippen LogP contribution in [0, 0.1) is 6.92 Å². The van der Waals surface area contributed by atoms with Gasteiger partial charge in [-0.25, -0.2) is 4.52 Å². The van der Waals surface area contributed by atoms with Crippen molar-refractivity contribution in [3.8, 4) is 10.4 Å². The van der Waals surface area contributed by atoms with E-state index in [2.05, 4.69) is 49.2 Å². The molecule has 2 aliphatic heterocycles. The number of aryl methyl sites for hydroxylation is 2. The fraction of sp³-hybridized carbons (Fsp3) is 0.444. The Bertz CT molecular complexity index is 1530. The molecule has 4 aromatic rings. The topological polar surface area (TPSA) is 109 Å². The minimum atomic E-state index is -0.285. The highest BCUT2D eigenvalue weighted by atomic mass is 32.1. The van der Waals surface area contributed by atoms with Crippen LogP contribution in [-0.4, -0.2) is 66.3 Å². The Labute approximate surface area is 225 Å². The molecule has 2 aliphatic rings. The van der Waals surface area contributed by atoms with Gasteiger partial charge in [-0.15, -0.1) is 11.3 Å². The number of nitrogens with one attached hydrogen (secondary N) is 2. The number of fused-ring (bicyclic) bond motifs is 2. The van der Waals surface area contributed by atoms with Crippen molar-refractivity contribution in [1.82, 2.24) is 34.6 Å². The Morgan fingerprint density at radius 2 is 1.97 bits per heavy atom. The molecule has 0 radical (unpaired) electrons. The second kappa shape index (κ2) is 9.63. The van der Waals surface area contributed by atoms with Crippen LogP contribution in [0.4, 0.5) is 5.69 Å². The maximum atomic E-state index is 13.3. The molecule has 0 spiro atoms. The third-order valence-electron chi connectivity index (χ3n) is 7.78. The lowest BCUT2D eigenvalue weighted by atomic mass is 10.0. The van der Waals surface area contributed by atoms with Crippen molar-refractivity contribution in [3.63, 3.8) is 0 Å². The summed E-state index contributed by atoms with van der Waals surface area (Å²) in [6, 6.07) is 1.69. The Balaban J connectivity index is 1.15. The molecule has 0 bridgehead atoms. The zero-order valence-electron chi connectivity index (χ0n) is 22.0. The number of carbonyl (C=O) groups is 2. The molecule has 2 N–H and O–H groups in total. The molecule has 1 saturated heterocycles. The highest BCUT2D eigenvalue weighted by Gasteiger charge is 2.31. The molecule has 4 aromatic heterocycles. The second-order valence-corrected chi connectivity index (χ2v) is 11.7. The molecule has 10 nitrogen and oxygen atoms in total. The largest absolute Gasteiger partial charge is 0.351 e. The summed E-state index contributed by atoms with van der Waals surface area (Å²) >= 11 is 1.53. The van der Waals surface area contributed by atoms with Crippen molar-refractivity contribution in [2.45, 2.75) is 58.5 Å². The summed E-state index contributed by atoms with van der Waals surface area (Å²) in [4.78, 5) is 34.7. The van der Waals surface area contributed by atoms with Crippen molar-refractivity contribution in [3.05, 3.63) is 53.4 Å². The zero-order valence-corrected chi connectivity index (χ0v) is 22.8. The van der Waals surface area contributed by atoms with Crippen LogP contribution in [0.25, 0.3) is 15.3 Å². The molecule has 198 valence electrons. The van der Waals surface area contributed by atoms with Gasteiger partial charge in [0.1, 0.15) is 4.83 Å². The third kappa shape index (κ3) is 4.49. The lowest BCUT2D eigenvalue weighted by molar-refractivity contribution is 0.0938. The Morgan fingerprint density at radius 1 is 1.11 bits per heavy atom. The van der Waals surface area contributed by atoms with Crippen molar-refractivity contribution in [1.29, 1.82) is 0 Å². The van der Waals surface area contributed by atoms with Crippen LogP contribution in [0.1, 0.15) is 65.2 Å².